The molecule has 0 aliphatic heterocycles. The van der Waals surface area contributed by atoms with Gasteiger partial charge in [0.25, 0.3) is 7.82 Å². The van der Waals surface area contributed by atoms with E-state index in [2.05, 4.69) is 47.9 Å². The largest absolute Gasteiger partial charge is 0.756 e. The SMILES string of the molecule is CCCCCCC/C=C\C/C=C\C/C=C\CCCCCCCCCCCCCCCCCCC(=O)OCC(O)COP(=O)([O-])OCC[N+](C)(C)C. The van der Waals surface area contributed by atoms with E-state index >= 15 is 0 Å². The quantitative estimate of drug-likeness (QED) is 0.0221. The van der Waals surface area contributed by atoms with Crippen LogP contribution in [0.5, 0.6) is 0 Å². The number of hydrogen-bond acceptors (Lipinski definition) is 7. The number of ether oxygens (including phenoxy) is 1. The molecule has 0 aliphatic carbocycles. The topological polar surface area (TPSA) is 105 Å². The molecule has 300 valence electrons. The van der Waals surface area contributed by atoms with Crippen LogP contribution in [0.3, 0.4) is 0 Å². The molecule has 9 heteroatoms. The van der Waals surface area contributed by atoms with Gasteiger partial charge in [-0.25, -0.2) is 0 Å². The Bertz CT molecular complexity index is 915. The van der Waals surface area contributed by atoms with Crippen molar-refractivity contribution < 1.29 is 37.6 Å². The van der Waals surface area contributed by atoms with Crippen LogP contribution in [0.4, 0.5) is 0 Å². The Balaban J connectivity index is 3.40. The van der Waals surface area contributed by atoms with Crippen molar-refractivity contribution >= 4 is 13.8 Å². The number of esters is 1. The lowest BCUT2D eigenvalue weighted by molar-refractivity contribution is -0.870. The van der Waals surface area contributed by atoms with E-state index < -0.39 is 20.5 Å². The highest BCUT2D eigenvalue weighted by molar-refractivity contribution is 7.45. The van der Waals surface area contributed by atoms with Gasteiger partial charge in [0.1, 0.15) is 25.9 Å². The van der Waals surface area contributed by atoms with Gasteiger partial charge in [0.15, 0.2) is 0 Å². The number of allylic oxidation sites excluding steroid dienone is 6. The Hall–Kier alpha value is -1.28. The number of carbonyl (C=O) groups is 1. The van der Waals surface area contributed by atoms with Gasteiger partial charge in [0.2, 0.25) is 0 Å². The Kier molecular flexibility index (Phi) is 34.8. The summed E-state index contributed by atoms with van der Waals surface area (Å²) >= 11 is 0. The van der Waals surface area contributed by atoms with Crippen LogP contribution in [-0.4, -0.2) is 69.2 Å². The Morgan fingerprint density at radius 3 is 1.49 bits per heavy atom. The van der Waals surface area contributed by atoms with E-state index in [9.17, 15) is 19.4 Å². The number of carbonyl (C=O) groups excluding carboxylic acids is 1. The third-order valence-corrected chi connectivity index (χ3v) is 9.86. The molecule has 0 aliphatic rings. The van der Waals surface area contributed by atoms with Crippen LogP contribution in [0.1, 0.15) is 174 Å². The van der Waals surface area contributed by atoms with E-state index in [-0.39, 0.29) is 19.2 Å². The van der Waals surface area contributed by atoms with Crippen LogP contribution >= 0.6 is 7.82 Å². The van der Waals surface area contributed by atoms with E-state index in [0.717, 1.165) is 32.1 Å². The van der Waals surface area contributed by atoms with Gasteiger partial charge in [-0.2, -0.15) is 0 Å². The van der Waals surface area contributed by atoms with E-state index in [1.54, 1.807) is 0 Å². The first-order valence-electron chi connectivity index (χ1n) is 20.7. The number of nitrogens with zero attached hydrogens (tertiary/aromatic N) is 1. The zero-order chi connectivity index (χ0) is 37.7. The number of rotatable bonds is 38. The number of phosphoric acid groups is 1. The van der Waals surface area contributed by atoms with Crippen molar-refractivity contribution in [2.24, 2.45) is 0 Å². The first-order valence-corrected chi connectivity index (χ1v) is 22.2. The monoisotopic (exact) mass is 742 g/mol. The fourth-order valence-electron chi connectivity index (χ4n) is 5.60. The van der Waals surface area contributed by atoms with Crippen molar-refractivity contribution in [3.63, 3.8) is 0 Å². The molecule has 0 aromatic rings. The standard InChI is InChI=1S/C42H80NO7P/c1-5-6-7-8-9-10-11-12-13-14-15-16-17-18-19-20-21-22-23-24-25-26-27-28-29-30-31-32-33-34-35-36-42(45)48-39-41(44)40-50-51(46,47)49-38-37-43(2,3)4/h11-12,14-15,17-18,41,44H,5-10,13,16,19-40H2,1-4H3/b12-11-,15-14-,18-17-. The highest BCUT2D eigenvalue weighted by atomic mass is 31.2. The lowest BCUT2D eigenvalue weighted by Gasteiger charge is -2.27. The highest BCUT2D eigenvalue weighted by Gasteiger charge is 2.16. The first kappa shape index (κ1) is 49.7. The molecular formula is C42H80NO7P. The Morgan fingerprint density at radius 1 is 0.627 bits per heavy atom. The van der Waals surface area contributed by atoms with Crippen LogP contribution in [-0.2, 0) is 23.1 Å². The molecule has 0 radical (unpaired) electrons. The number of aliphatic hydroxyl groups is 1. The van der Waals surface area contributed by atoms with E-state index in [1.165, 1.54) is 128 Å². The minimum Gasteiger partial charge on any atom is -0.756 e. The van der Waals surface area contributed by atoms with Crippen molar-refractivity contribution in [1.82, 2.24) is 0 Å². The summed E-state index contributed by atoms with van der Waals surface area (Å²) in [6.07, 6.45) is 44.6. The molecular weight excluding hydrogens is 661 g/mol. The van der Waals surface area contributed by atoms with Crippen LogP contribution in [0.25, 0.3) is 0 Å². The minimum absolute atomic E-state index is 0.00797. The van der Waals surface area contributed by atoms with Gasteiger partial charge in [-0.05, 0) is 44.9 Å². The van der Waals surface area contributed by atoms with Crippen molar-refractivity contribution in [3.05, 3.63) is 36.5 Å². The third-order valence-electron chi connectivity index (χ3n) is 8.89. The summed E-state index contributed by atoms with van der Waals surface area (Å²) in [5, 5.41) is 9.88. The smallest absolute Gasteiger partial charge is 0.305 e. The summed E-state index contributed by atoms with van der Waals surface area (Å²) in [5.41, 5.74) is 0. The predicted octanol–water partition coefficient (Wildman–Crippen LogP) is 10.9. The number of phosphoric ester groups is 1. The number of likely N-dealkylation sites (N-methyl/N-ethyl adjacent to an activating group) is 1. The molecule has 2 unspecified atom stereocenters. The van der Waals surface area contributed by atoms with Gasteiger partial charge >= 0.3 is 5.97 Å². The first-order chi connectivity index (χ1) is 24.6. The third kappa shape index (κ3) is 41.3. The summed E-state index contributed by atoms with van der Waals surface area (Å²) < 4.78 is 26.8. The maximum atomic E-state index is 11.9. The van der Waals surface area contributed by atoms with Gasteiger partial charge < -0.3 is 28.3 Å². The van der Waals surface area contributed by atoms with E-state index in [4.69, 9.17) is 9.26 Å². The summed E-state index contributed by atoms with van der Waals surface area (Å²) in [6.45, 7) is 1.95. The highest BCUT2D eigenvalue weighted by Crippen LogP contribution is 2.38. The second kappa shape index (κ2) is 35.7. The van der Waals surface area contributed by atoms with Crippen LogP contribution in [0, 0.1) is 0 Å². The molecule has 0 fully saturated rings. The fraction of sp³-hybridized carbons (Fsp3) is 0.833. The van der Waals surface area contributed by atoms with Crippen LogP contribution in [0.2, 0.25) is 0 Å². The lowest BCUT2D eigenvalue weighted by atomic mass is 10.0. The molecule has 8 nitrogen and oxygen atoms in total. The molecule has 51 heavy (non-hydrogen) atoms. The molecule has 0 aromatic carbocycles. The van der Waals surface area contributed by atoms with Crippen LogP contribution in [0.15, 0.2) is 36.5 Å². The maximum absolute atomic E-state index is 11.9. The van der Waals surface area contributed by atoms with Crippen molar-refractivity contribution in [1.29, 1.82) is 0 Å². The second-order valence-corrected chi connectivity index (χ2v) is 16.6. The molecule has 0 amide bonds. The van der Waals surface area contributed by atoms with E-state index in [1.807, 2.05) is 21.1 Å². The number of unbranched alkanes of at least 4 members (excludes halogenated alkanes) is 21. The molecule has 0 aromatic heterocycles. The molecule has 0 spiro atoms. The summed E-state index contributed by atoms with van der Waals surface area (Å²) in [5.74, 6) is -0.386. The normalized spacial score (nSPS) is 14.2. The fourth-order valence-corrected chi connectivity index (χ4v) is 6.33. The van der Waals surface area contributed by atoms with Crippen molar-refractivity contribution in [2.45, 2.75) is 180 Å². The Labute approximate surface area is 314 Å². The number of hydrogen-bond donors (Lipinski definition) is 1. The average Bonchev–Trinajstić information content (AvgIpc) is 3.08. The predicted molar refractivity (Wildman–Crippen MR) is 213 cm³/mol. The van der Waals surface area contributed by atoms with Gasteiger partial charge in [-0.1, -0.05) is 159 Å². The molecule has 0 saturated carbocycles. The molecule has 0 saturated heterocycles. The molecule has 0 rings (SSSR count). The zero-order valence-electron chi connectivity index (χ0n) is 33.5. The van der Waals surface area contributed by atoms with Crippen molar-refractivity contribution in [3.8, 4) is 0 Å². The molecule has 2 atom stereocenters. The van der Waals surface area contributed by atoms with E-state index in [0.29, 0.717) is 17.4 Å². The van der Waals surface area contributed by atoms with Gasteiger partial charge in [0, 0.05) is 6.42 Å². The summed E-state index contributed by atoms with van der Waals surface area (Å²) in [4.78, 5) is 23.7. The lowest BCUT2D eigenvalue weighted by Crippen LogP contribution is -2.37. The molecule has 0 heterocycles. The number of aliphatic hydroxyl groups excluding tert-OH is 1. The van der Waals surface area contributed by atoms with Gasteiger partial charge in [-0.15, -0.1) is 0 Å². The summed E-state index contributed by atoms with van der Waals surface area (Å²) in [7, 11) is 1.25. The van der Waals surface area contributed by atoms with Crippen LogP contribution < -0.4 is 4.89 Å². The minimum atomic E-state index is -4.50. The number of quaternary nitrogens is 1. The maximum Gasteiger partial charge on any atom is 0.305 e. The molecule has 0 bridgehead atoms. The molecule has 1 N–H and O–H groups in total. The van der Waals surface area contributed by atoms with Gasteiger partial charge in [0.05, 0.1) is 27.7 Å². The van der Waals surface area contributed by atoms with Crippen molar-refractivity contribution in [2.75, 3.05) is 47.5 Å². The summed E-state index contributed by atoms with van der Waals surface area (Å²) in [6, 6.07) is 0. The second-order valence-electron chi connectivity index (χ2n) is 15.2. The van der Waals surface area contributed by atoms with Gasteiger partial charge in [-0.3, -0.25) is 9.36 Å². The zero-order valence-corrected chi connectivity index (χ0v) is 34.4. The average molecular weight is 742 g/mol. The Morgan fingerprint density at radius 2 is 1.04 bits per heavy atom.